The molecule has 0 spiro atoms. The van der Waals surface area contributed by atoms with Crippen LogP contribution in [0.4, 0.5) is 17.5 Å². The van der Waals surface area contributed by atoms with Gasteiger partial charge in [0.25, 0.3) is 0 Å². The molecule has 0 aliphatic heterocycles. The first kappa shape index (κ1) is 13.6. The molecule has 20 heavy (non-hydrogen) atoms. The van der Waals surface area contributed by atoms with Crippen LogP contribution < -0.4 is 16.6 Å². The van der Waals surface area contributed by atoms with Gasteiger partial charge in [0.2, 0.25) is 11.8 Å². The van der Waals surface area contributed by atoms with E-state index in [1.165, 1.54) is 6.33 Å². The molecular weight excluding hydrogens is 266 g/mol. The fourth-order valence-corrected chi connectivity index (χ4v) is 1.64. The first-order chi connectivity index (χ1) is 9.52. The minimum Gasteiger partial charge on any atom is -0.354 e. The quantitative estimate of drug-likeness (QED) is 0.389. The maximum Gasteiger partial charge on any atom is 0.329 e. The zero-order valence-corrected chi connectivity index (χ0v) is 10.8. The molecule has 0 amide bonds. The number of aromatic nitrogens is 5. The topological polar surface area (TPSA) is 150 Å². The predicted molar refractivity (Wildman–Crippen MR) is 69.5 cm³/mol. The number of nitrogens with zero attached hydrogens (tertiary/aromatic N) is 6. The second kappa shape index (κ2) is 5.44. The summed E-state index contributed by atoms with van der Waals surface area (Å²) in [5.74, 6) is 5.93. The van der Waals surface area contributed by atoms with Crippen molar-refractivity contribution in [2.75, 3.05) is 10.7 Å². The highest BCUT2D eigenvalue weighted by atomic mass is 16.6. The lowest BCUT2D eigenvalue weighted by Crippen LogP contribution is -2.16. The number of nitro groups is 1. The molecule has 0 radical (unpaired) electrons. The zero-order valence-electron chi connectivity index (χ0n) is 10.8. The first-order valence-electron chi connectivity index (χ1n) is 5.61. The Morgan fingerprint density at radius 2 is 2.30 bits per heavy atom. The maximum atomic E-state index is 11.0. The Morgan fingerprint density at radius 1 is 1.55 bits per heavy atom. The van der Waals surface area contributed by atoms with Crippen LogP contribution in [0.1, 0.15) is 18.8 Å². The van der Waals surface area contributed by atoms with Gasteiger partial charge in [-0.25, -0.2) is 10.8 Å². The summed E-state index contributed by atoms with van der Waals surface area (Å²) < 4.78 is 1.70. The number of anilines is 2. The van der Waals surface area contributed by atoms with Crippen molar-refractivity contribution < 1.29 is 4.92 Å². The van der Waals surface area contributed by atoms with Crippen molar-refractivity contribution in [2.24, 2.45) is 12.9 Å². The molecule has 1 atom stereocenters. The number of hydrazine groups is 1. The van der Waals surface area contributed by atoms with E-state index in [4.69, 9.17) is 5.84 Å². The van der Waals surface area contributed by atoms with Gasteiger partial charge in [0, 0.05) is 7.05 Å². The fourth-order valence-electron chi connectivity index (χ4n) is 1.64. The summed E-state index contributed by atoms with van der Waals surface area (Å²) in [7, 11) is 1.77. The minimum absolute atomic E-state index is 0.0495. The molecule has 11 nitrogen and oxygen atoms in total. The van der Waals surface area contributed by atoms with E-state index in [0.29, 0.717) is 5.82 Å². The van der Waals surface area contributed by atoms with E-state index in [0.717, 1.165) is 6.20 Å². The van der Waals surface area contributed by atoms with Crippen LogP contribution in [-0.4, -0.2) is 29.7 Å². The second-order valence-corrected chi connectivity index (χ2v) is 3.99. The molecule has 0 saturated carbocycles. The van der Waals surface area contributed by atoms with Crippen molar-refractivity contribution in [3.8, 4) is 0 Å². The third-order valence-electron chi connectivity index (χ3n) is 2.58. The monoisotopic (exact) mass is 279 g/mol. The second-order valence-electron chi connectivity index (χ2n) is 3.99. The summed E-state index contributed by atoms with van der Waals surface area (Å²) >= 11 is 0. The number of hydrogen-bond donors (Lipinski definition) is 3. The number of hydrogen-bond acceptors (Lipinski definition) is 9. The van der Waals surface area contributed by atoms with Crippen LogP contribution in [0.2, 0.25) is 0 Å². The van der Waals surface area contributed by atoms with Crippen LogP contribution in [0, 0.1) is 10.1 Å². The Kier molecular flexibility index (Phi) is 3.70. The third kappa shape index (κ3) is 2.61. The lowest BCUT2D eigenvalue weighted by Gasteiger charge is -2.13. The van der Waals surface area contributed by atoms with Gasteiger partial charge in [-0.2, -0.15) is 4.98 Å². The number of nitrogens with one attached hydrogen (secondary N) is 2. The molecule has 0 aromatic carbocycles. The third-order valence-corrected chi connectivity index (χ3v) is 2.58. The van der Waals surface area contributed by atoms with Crippen molar-refractivity contribution >= 4 is 17.5 Å². The Hall–Kier alpha value is -2.82. The van der Waals surface area contributed by atoms with Crippen LogP contribution in [0.15, 0.2) is 12.5 Å². The van der Waals surface area contributed by atoms with Crippen LogP contribution >= 0.6 is 0 Å². The summed E-state index contributed by atoms with van der Waals surface area (Å²) in [6.45, 7) is 1.78. The van der Waals surface area contributed by atoms with E-state index >= 15 is 0 Å². The molecule has 2 heterocycles. The molecular formula is C9H13N9O2. The van der Waals surface area contributed by atoms with Gasteiger partial charge in [-0.1, -0.05) is 0 Å². The minimum atomic E-state index is -0.577. The molecule has 11 heteroatoms. The lowest BCUT2D eigenvalue weighted by atomic mass is 10.3. The van der Waals surface area contributed by atoms with E-state index in [-0.39, 0.29) is 23.5 Å². The molecule has 0 aliphatic carbocycles. The van der Waals surface area contributed by atoms with Gasteiger partial charge >= 0.3 is 5.69 Å². The average molecular weight is 279 g/mol. The SMILES string of the molecule is CC(Nc1nc(NN)ncc1[N+](=O)[O-])c1nncn1C. The summed E-state index contributed by atoms with van der Waals surface area (Å²) in [6, 6.07) is -0.332. The molecule has 2 aromatic rings. The van der Waals surface area contributed by atoms with Crippen molar-refractivity contribution in [1.82, 2.24) is 24.7 Å². The smallest absolute Gasteiger partial charge is 0.329 e. The number of nitrogen functional groups attached to an aromatic ring is 1. The van der Waals surface area contributed by atoms with E-state index < -0.39 is 4.92 Å². The Bertz CT molecular complexity index is 626. The van der Waals surface area contributed by atoms with Gasteiger partial charge < -0.3 is 9.88 Å². The standard InChI is InChI=1S/C9H13N9O2/c1-5(8-16-12-4-17(8)2)13-7-6(18(19)20)3-11-9(14-7)15-10/h3-5H,10H2,1-2H3,(H2,11,13,14,15). The Balaban J connectivity index is 2.32. The van der Waals surface area contributed by atoms with Crippen molar-refractivity contribution in [1.29, 1.82) is 0 Å². The largest absolute Gasteiger partial charge is 0.354 e. The maximum absolute atomic E-state index is 11.0. The summed E-state index contributed by atoms with van der Waals surface area (Å²) in [6.07, 6.45) is 2.61. The van der Waals surface area contributed by atoms with Crippen molar-refractivity contribution in [2.45, 2.75) is 13.0 Å². The lowest BCUT2D eigenvalue weighted by molar-refractivity contribution is -0.384. The highest BCUT2D eigenvalue weighted by molar-refractivity contribution is 5.57. The van der Waals surface area contributed by atoms with Gasteiger partial charge in [-0.05, 0) is 6.92 Å². The van der Waals surface area contributed by atoms with E-state index in [9.17, 15) is 10.1 Å². The van der Waals surface area contributed by atoms with Crippen LogP contribution in [-0.2, 0) is 7.05 Å². The zero-order chi connectivity index (χ0) is 14.7. The number of aryl methyl sites for hydroxylation is 1. The van der Waals surface area contributed by atoms with Crippen molar-refractivity contribution in [3.05, 3.63) is 28.5 Å². The summed E-state index contributed by atoms with van der Waals surface area (Å²) in [5, 5.41) is 21.5. The summed E-state index contributed by atoms with van der Waals surface area (Å²) in [4.78, 5) is 18.0. The van der Waals surface area contributed by atoms with Gasteiger partial charge in [0.15, 0.2) is 5.82 Å². The van der Waals surface area contributed by atoms with Crippen LogP contribution in [0.3, 0.4) is 0 Å². The predicted octanol–water partition coefficient (Wildman–Crippen LogP) is -0.0280. The van der Waals surface area contributed by atoms with Gasteiger partial charge in [0.05, 0.1) is 11.0 Å². The van der Waals surface area contributed by atoms with Crippen LogP contribution in [0.25, 0.3) is 0 Å². The van der Waals surface area contributed by atoms with Gasteiger partial charge in [0.1, 0.15) is 12.5 Å². The molecule has 0 bridgehead atoms. The Morgan fingerprint density at radius 3 is 2.85 bits per heavy atom. The molecule has 0 fully saturated rings. The van der Waals surface area contributed by atoms with E-state index in [1.807, 2.05) is 0 Å². The highest BCUT2D eigenvalue weighted by Crippen LogP contribution is 2.25. The number of nitrogens with two attached hydrogens (primary N) is 1. The first-order valence-corrected chi connectivity index (χ1v) is 5.61. The fraction of sp³-hybridized carbons (Fsp3) is 0.333. The average Bonchev–Trinajstić information content (AvgIpc) is 2.84. The number of rotatable bonds is 5. The van der Waals surface area contributed by atoms with Crippen LogP contribution in [0.5, 0.6) is 0 Å². The van der Waals surface area contributed by atoms with Crippen molar-refractivity contribution in [3.63, 3.8) is 0 Å². The normalized spacial score (nSPS) is 11.9. The molecule has 2 rings (SSSR count). The molecule has 2 aromatic heterocycles. The molecule has 0 saturated heterocycles. The highest BCUT2D eigenvalue weighted by Gasteiger charge is 2.21. The van der Waals surface area contributed by atoms with Gasteiger partial charge in [-0.15, -0.1) is 10.2 Å². The van der Waals surface area contributed by atoms with Gasteiger partial charge in [-0.3, -0.25) is 15.5 Å². The molecule has 0 aliphatic rings. The molecule has 1 unspecified atom stereocenters. The van der Waals surface area contributed by atoms with E-state index in [2.05, 4.69) is 30.9 Å². The summed E-state index contributed by atoms with van der Waals surface area (Å²) in [5.41, 5.74) is 1.98. The molecule has 106 valence electrons. The Labute approximate surface area is 113 Å². The van der Waals surface area contributed by atoms with E-state index in [1.54, 1.807) is 18.5 Å². The molecule has 4 N–H and O–H groups in total.